The molecule has 3 N–H and O–H groups in total. The highest BCUT2D eigenvalue weighted by Gasteiger charge is 2.07. The average Bonchev–Trinajstić information content (AvgIpc) is 2.72. The summed E-state index contributed by atoms with van der Waals surface area (Å²) < 4.78 is 10.8. The zero-order chi connectivity index (χ0) is 21.1. The molecule has 0 aliphatic heterocycles. The van der Waals surface area contributed by atoms with Gasteiger partial charge < -0.3 is 25.4 Å². The molecule has 2 rings (SSSR count). The molecule has 0 heterocycles. The molecule has 0 saturated carbocycles. The normalized spacial score (nSPS) is 10.3. The Morgan fingerprint density at radius 1 is 0.931 bits per heavy atom. The van der Waals surface area contributed by atoms with Crippen LogP contribution in [0.4, 0.5) is 17.1 Å². The van der Waals surface area contributed by atoms with Crippen LogP contribution in [-0.4, -0.2) is 38.2 Å². The summed E-state index contributed by atoms with van der Waals surface area (Å²) in [6.07, 6.45) is 0.411. The van der Waals surface area contributed by atoms with Crippen molar-refractivity contribution in [3.8, 4) is 5.75 Å². The summed E-state index contributed by atoms with van der Waals surface area (Å²) in [5, 5.41) is 8.77. The van der Waals surface area contributed by atoms with Gasteiger partial charge in [0, 0.05) is 36.2 Å². The van der Waals surface area contributed by atoms with Crippen LogP contribution < -0.4 is 20.7 Å². The number of hydrogen-bond donors (Lipinski definition) is 3. The first kappa shape index (κ1) is 22.2. The van der Waals surface area contributed by atoms with E-state index in [1.807, 2.05) is 44.2 Å². The van der Waals surface area contributed by atoms with Gasteiger partial charge in [0.1, 0.15) is 12.4 Å². The summed E-state index contributed by atoms with van der Waals surface area (Å²) in [7, 11) is 0. The molecule has 0 radical (unpaired) electrons. The van der Waals surface area contributed by atoms with Crippen LogP contribution >= 0.6 is 0 Å². The Kier molecular flexibility index (Phi) is 8.98. The third-order valence-corrected chi connectivity index (χ3v) is 4.10. The molecular formula is C22H29N3O4. The molecule has 7 heteroatoms. The van der Waals surface area contributed by atoms with Gasteiger partial charge in [-0.05, 0) is 43.7 Å². The van der Waals surface area contributed by atoms with E-state index in [9.17, 15) is 9.59 Å². The van der Waals surface area contributed by atoms with Crippen molar-refractivity contribution in [2.24, 2.45) is 0 Å². The van der Waals surface area contributed by atoms with Crippen LogP contribution in [0.5, 0.6) is 5.75 Å². The van der Waals surface area contributed by atoms with Crippen LogP contribution in [0.1, 0.15) is 25.8 Å². The van der Waals surface area contributed by atoms with Gasteiger partial charge in [-0.25, -0.2) is 0 Å². The molecule has 0 aromatic heterocycles. The second-order valence-corrected chi connectivity index (χ2v) is 6.41. The highest BCUT2D eigenvalue weighted by molar-refractivity contribution is 5.94. The van der Waals surface area contributed by atoms with Crippen molar-refractivity contribution in [1.82, 2.24) is 0 Å². The highest BCUT2D eigenvalue weighted by Crippen LogP contribution is 2.21. The minimum Gasteiger partial charge on any atom is -0.491 e. The predicted molar refractivity (Wildman–Crippen MR) is 116 cm³/mol. The van der Waals surface area contributed by atoms with Crippen molar-refractivity contribution in [3.05, 3.63) is 48.0 Å². The van der Waals surface area contributed by atoms with E-state index in [1.165, 1.54) is 0 Å². The van der Waals surface area contributed by atoms with E-state index in [0.717, 1.165) is 16.9 Å². The van der Waals surface area contributed by atoms with Crippen LogP contribution in [0.15, 0.2) is 42.5 Å². The summed E-state index contributed by atoms with van der Waals surface area (Å²) in [5.41, 5.74) is 3.11. The van der Waals surface area contributed by atoms with Gasteiger partial charge in [-0.15, -0.1) is 0 Å². The number of amides is 2. The van der Waals surface area contributed by atoms with Gasteiger partial charge in [0.25, 0.3) is 0 Å². The number of benzene rings is 2. The lowest BCUT2D eigenvalue weighted by Gasteiger charge is -2.12. The maximum absolute atomic E-state index is 12.3. The Morgan fingerprint density at radius 2 is 1.76 bits per heavy atom. The number of hydrogen-bond acceptors (Lipinski definition) is 5. The number of rotatable bonds is 11. The Hall–Kier alpha value is -3.06. The van der Waals surface area contributed by atoms with Crippen LogP contribution in [0.3, 0.4) is 0 Å². The Morgan fingerprint density at radius 3 is 2.52 bits per heavy atom. The molecule has 2 aromatic carbocycles. The van der Waals surface area contributed by atoms with Gasteiger partial charge >= 0.3 is 0 Å². The van der Waals surface area contributed by atoms with Crippen LogP contribution in [0, 0.1) is 6.92 Å². The topological polar surface area (TPSA) is 88.7 Å². The Balaban J connectivity index is 1.87. The van der Waals surface area contributed by atoms with Crippen molar-refractivity contribution < 1.29 is 19.1 Å². The molecule has 0 aliphatic rings. The first-order valence-corrected chi connectivity index (χ1v) is 9.76. The van der Waals surface area contributed by atoms with E-state index in [0.29, 0.717) is 37.7 Å². The van der Waals surface area contributed by atoms with Gasteiger partial charge in [-0.3, -0.25) is 9.59 Å². The van der Waals surface area contributed by atoms with E-state index < -0.39 is 0 Å². The van der Waals surface area contributed by atoms with Crippen molar-refractivity contribution in [1.29, 1.82) is 0 Å². The van der Waals surface area contributed by atoms with E-state index in [-0.39, 0.29) is 18.4 Å². The smallest absolute Gasteiger partial charge is 0.243 e. The summed E-state index contributed by atoms with van der Waals surface area (Å²) in [6.45, 7) is 7.38. The number of aryl methyl sites for hydroxylation is 1. The molecule has 7 nitrogen and oxygen atoms in total. The SMILES string of the molecule is CCOCCOc1cccc(NC(=O)CNc2ccc(C)c(NC(=O)CC)c2)c1. The number of anilines is 3. The zero-order valence-corrected chi connectivity index (χ0v) is 17.2. The van der Waals surface area contributed by atoms with Crippen molar-refractivity contribution in [2.45, 2.75) is 27.2 Å². The minimum absolute atomic E-state index is 0.0497. The fraction of sp³-hybridized carbons (Fsp3) is 0.364. The number of carbonyl (C=O) groups excluding carboxylic acids is 2. The van der Waals surface area contributed by atoms with Gasteiger partial charge in [-0.2, -0.15) is 0 Å². The van der Waals surface area contributed by atoms with E-state index >= 15 is 0 Å². The highest BCUT2D eigenvalue weighted by atomic mass is 16.5. The minimum atomic E-state index is -0.184. The molecule has 2 amide bonds. The number of nitrogens with one attached hydrogen (secondary N) is 3. The lowest BCUT2D eigenvalue weighted by Crippen LogP contribution is -2.22. The second-order valence-electron chi connectivity index (χ2n) is 6.41. The van der Waals surface area contributed by atoms with Crippen molar-refractivity contribution >= 4 is 28.9 Å². The molecule has 0 fully saturated rings. The summed E-state index contributed by atoms with van der Waals surface area (Å²) >= 11 is 0. The van der Waals surface area contributed by atoms with Gasteiger partial charge in [0.15, 0.2) is 0 Å². The van der Waals surface area contributed by atoms with E-state index in [1.54, 1.807) is 19.1 Å². The summed E-state index contributed by atoms with van der Waals surface area (Å²) in [4.78, 5) is 23.9. The molecular weight excluding hydrogens is 370 g/mol. The van der Waals surface area contributed by atoms with E-state index in [4.69, 9.17) is 9.47 Å². The lowest BCUT2D eigenvalue weighted by atomic mass is 10.1. The molecule has 29 heavy (non-hydrogen) atoms. The maximum Gasteiger partial charge on any atom is 0.243 e. The van der Waals surface area contributed by atoms with Crippen LogP contribution in [-0.2, 0) is 14.3 Å². The molecule has 0 atom stereocenters. The van der Waals surface area contributed by atoms with Crippen molar-refractivity contribution in [2.75, 3.05) is 42.3 Å². The monoisotopic (exact) mass is 399 g/mol. The number of carbonyl (C=O) groups is 2. The quantitative estimate of drug-likeness (QED) is 0.500. The first-order valence-electron chi connectivity index (χ1n) is 9.76. The zero-order valence-electron chi connectivity index (χ0n) is 17.2. The molecule has 0 spiro atoms. The van der Waals surface area contributed by atoms with Crippen molar-refractivity contribution in [3.63, 3.8) is 0 Å². The van der Waals surface area contributed by atoms with Crippen LogP contribution in [0.25, 0.3) is 0 Å². The van der Waals surface area contributed by atoms with Crippen LogP contribution in [0.2, 0.25) is 0 Å². The van der Waals surface area contributed by atoms with E-state index in [2.05, 4.69) is 16.0 Å². The molecule has 2 aromatic rings. The first-order chi connectivity index (χ1) is 14.0. The molecule has 156 valence electrons. The predicted octanol–water partition coefficient (Wildman–Crippen LogP) is 3.81. The third kappa shape index (κ3) is 7.83. The number of ether oxygens (including phenoxy) is 2. The summed E-state index contributed by atoms with van der Waals surface area (Å²) in [5.74, 6) is 0.438. The average molecular weight is 399 g/mol. The fourth-order valence-corrected chi connectivity index (χ4v) is 2.52. The fourth-order valence-electron chi connectivity index (χ4n) is 2.52. The molecule has 0 unspecified atom stereocenters. The van der Waals surface area contributed by atoms with Gasteiger partial charge in [-0.1, -0.05) is 19.1 Å². The molecule has 0 bridgehead atoms. The largest absolute Gasteiger partial charge is 0.491 e. The van der Waals surface area contributed by atoms with Gasteiger partial charge in [0.2, 0.25) is 11.8 Å². The maximum atomic E-state index is 12.3. The molecule has 0 saturated heterocycles. The standard InChI is InChI=1S/C22H29N3O4/c1-4-21(26)25-20-14-17(10-9-16(20)3)23-15-22(27)24-18-7-6-8-19(13-18)29-12-11-28-5-2/h6-10,13-14,23H,4-5,11-12,15H2,1-3H3,(H,24,27)(H,25,26). The molecule has 0 aliphatic carbocycles. The third-order valence-electron chi connectivity index (χ3n) is 4.10. The Bertz CT molecular complexity index is 823. The van der Waals surface area contributed by atoms with Gasteiger partial charge in [0.05, 0.1) is 13.2 Å². The lowest BCUT2D eigenvalue weighted by molar-refractivity contribution is -0.116. The Labute approximate surface area is 171 Å². The summed E-state index contributed by atoms with van der Waals surface area (Å²) in [6, 6.07) is 12.8. The second kappa shape index (κ2) is 11.7.